The van der Waals surface area contributed by atoms with Gasteiger partial charge in [-0.2, -0.15) is 0 Å². The van der Waals surface area contributed by atoms with Crippen molar-refractivity contribution in [2.75, 3.05) is 5.88 Å². The van der Waals surface area contributed by atoms with Gasteiger partial charge in [0.15, 0.2) is 0 Å². The zero-order valence-corrected chi connectivity index (χ0v) is 14.1. The summed E-state index contributed by atoms with van der Waals surface area (Å²) in [6.07, 6.45) is 9.15. The van der Waals surface area contributed by atoms with Gasteiger partial charge in [0.25, 0.3) is 0 Å². The fourth-order valence-corrected chi connectivity index (χ4v) is 4.54. The Hall–Kier alpha value is -0.0500. The lowest BCUT2D eigenvalue weighted by Gasteiger charge is -2.25. The zero-order chi connectivity index (χ0) is 14.0. The predicted octanol–water partition coefficient (Wildman–Crippen LogP) is 5.65. The van der Waals surface area contributed by atoms with Gasteiger partial charge >= 0.3 is 0 Å². The zero-order valence-electron chi connectivity index (χ0n) is 11.8. The number of hydrogen-bond donors (Lipinski definition) is 0. The molecular weight excluding hydrogens is 336 g/mol. The van der Waals surface area contributed by atoms with Crippen molar-refractivity contribution in [2.45, 2.75) is 62.6 Å². The van der Waals surface area contributed by atoms with Crippen LogP contribution in [-0.2, 0) is 4.74 Å². The highest BCUT2D eigenvalue weighted by molar-refractivity contribution is 9.10. The number of benzene rings is 1. The van der Waals surface area contributed by atoms with Gasteiger partial charge in [-0.15, -0.1) is 11.6 Å². The Balaban J connectivity index is 1.64. The Bertz CT molecular complexity index is 456. The Kier molecular flexibility index (Phi) is 4.74. The summed E-state index contributed by atoms with van der Waals surface area (Å²) in [5, 5.41) is 0. The molecule has 1 heterocycles. The number of rotatable bonds is 4. The maximum absolute atomic E-state index is 6.42. The van der Waals surface area contributed by atoms with Gasteiger partial charge in [0.2, 0.25) is 0 Å². The van der Waals surface area contributed by atoms with Gasteiger partial charge in [0.05, 0.1) is 11.7 Å². The Morgan fingerprint density at radius 3 is 2.80 bits per heavy atom. The molecule has 1 aromatic rings. The monoisotopic (exact) mass is 356 g/mol. The molecule has 110 valence electrons. The lowest BCUT2D eigenvalue weighted by molar-refractivity contribution is -0.0405. The second-order valence-corrected chi connectivity index (χ2v) is 7.53. The van der Waals surface area contributed by atoms with Crippen molar-refractivity contribution in [3.05, 3.63) is 34.3 Å². The van der Waals surface area contributed by atoms with Crippen molar-refractivity contribution >= 4 is 27.5 Å². The van der Waals surface area contributed by atoms with Gasteiger partial charge in [0.1, 0.15) is 0 Å². The van der Waals surface area contributed by atoms with Crippen molar-refractivity contribution in [1.29, 1.82) is 0 Å². The van der Waals surface area contributed by atoms with E-state index in [1.165, 1.54) is 44.1 Å². The van der Waals surface area contributed by atoms with E-state index in [0.29, 0.717) is 17.9 Å². The second-order valence-electron chi connectivity index (χ2n) is 6.31. The highest BCUT2D eigenvalue weighted by atomic mass is 79.9. The molecule has 1 aromatic carbocycles. The van der Waals surface area contributed by atoms with Crippen LogP contribution in [0.1, 0.15) is 56.4 Å². The van der Waals surface area contributed by atoms with Gasteiger partial charge < -0.3 is 4.74 Å². The van der Waals surface area contributed by atoms with E-state index >= 15 is 0 Å². The first-order valence-electron chi connectivity index (χ1n) is 7.70. The molecule has 0 N–H and O–H groups in total. The van der Waals surface area contributed by atoms with Crippen LogP contribution >= 0.6 is 27.5 Å². The summed E-state index contributed by atoms with van der Waals surface area (Å²) in [6.45, 7) is 0. The molecule has 2 unspecified atom stereocenters. The highest BCUT2D eigenvalue weighted by Crippen LogP contribution is 2.45. The molecule has 2 fully saturated rings. The van der Waals surface area contributed by atoms with Crippen LogP contribution in [0.25, 0.3) is 0 Å². The maximum Gasteiger partial charge on any atom is 0.0687 e. The molecule has 0 bridgehead atoms. The first-order valence-corrected chi connectivity index (χ1v) is 9.03. The van der Waals surface area contributed by atoms with Crippen molar-refractivity contribution in [2.24, 2.45) is 0 Å². The number of halogens is 2. The lowest BCUT2D eigenvalue weighted by atomic mass is 9.93. The number of ether oxygens (including phenoxy) is 1. The van der Waals surface area contributed by atoms with Crippen molar-refractivity contribution in [1.82, 2.24) is 0 Å². The molecule has 2 aliphatic rings. The summed E-state index contributed by atoms with van der Waals surface area (Å²) in [4.78, 5) is 0. The largest absolute Gasteiger partial charge is 0.372 e. The van der Waals surface area contributed by atoms with E-state index in [1.807, 2.05) is 0 Å². The SMILES string of the molecule is ClCC(CC1CCC2(CCCC2)O1)c1cccc(Br)c1. The van der Waals surface area contributed by atoms with E-state index in [1.54, 1.807) is 0 Å². The molecule has 1 nitrogen and oxygen atoms in total. The van der Waals surface area contributed by atoms with Gasteiger partial charge in [-0.3, -0.25) is 0 Å². The summed E-state index contributed by atoms with van der Waals surface area (Å²) in [5.74, 6) is 1.07. The predicted molar refractivity (Wildman–Crippen MR) is 87.5 cm³/mol. The molecule has 20 heavy (non-hydrogen) atoms. The van der Waals surface area contributed by atoms with Gasteiger partial charge in [-0.25, -0.2) is 0 Å². The average molecular weight is 358 g/mol. The summed E-state index contributed by atoms with van der Waals surface area (Å²) in [5.41, 5.74) is 1.56. The molecule has 1 saturated heterocycles. The van der Waals surface area contributed by atoms with Crippen LogP contribution in [-0.4, -0.2) is 17.6 Å². The van der Waals surface area contributed by atoms with E-state index in [0.717, 1.165) is 10.9 Å². The van der Waals surface area contributed by atoms with E-state index < -0.39 is 0 Å². The van der Waals surface area contributed by atoms with Crippen LogP contribution in [0, 0.1) is 0 Å². The van der Waals surface area contributed by atoms with Crippen LogP contribution in [0.2, 0.25) is 0 Å². The fourth-order valence-electron chi connectivity index (χ4n) is 3.81. The molecule has 0 aromatic heterocycles. The summed E-state index contributed by atoms with van der Waals surface area (Å²) in [7, 11) is 0. The van der Waals surface area contributed by atoms with Crippen LogP contribution in [0.4, 0.5) is 0 Å². The Morgan fingerprint density at radius 1 is 1.30 bits per heavy atom. The molecule has 1 spiro atoms. The number of hydrogen-bond acceptors (Lipinski definition) is 1. The normalized spacial score (nSPS) is 26.2. The van der Waals surface area contributed by atoms with Gasteiger partial charge in [0, 0.05) is 10.4 Å². The molecule has 0 radical (unpaired) electrons. The van der Waals surface area contributed by atoms with Crippen LogP contribution in [0.3, 0.4) is 0 Å². The quantitative estimate of drug-likeness (QED) is 0.632. The molecule has 0 amide bonds. The standard InChI is InChI=1S/C17H22BrClO/c18-15-5-3-4-13(10-15)14(12-19)11-16-6-9-17(20-16)7-1-2-8-17/h3-5,10,14,16H,1-2,6-9,11-12H2. The summed E-state index contributed by atoms with van der Waals surface area (Å²) >= 11 is 9.76. The summed E-state index contributed by atoms with van der Waals surface area (Å²) in [6, 6.07) is 8.52. The van der Waals surface area contributed by atoms with E-state index in [2.05, 4.69) is 40.2 Å². The third-order valence-corrected chi connectivity index (χ3v) is 5.77. The topological polar surface area (TPSA) is 9.23 Å². The number of alkyl halides is 1. The fraction of sp³-hybridized carbons (Fsp3) is 0.647. The second kappa shape index (κ2) is 6.37. The molecular formula is C17H22BrClO. The first-order chi connectivity index (χ1) is 9.71. The van der Waals surface area contributed by atoms with Crippen molar-refractivity contribution in [3.63, 3.8) is 0 Å². The minimum Gasteiger partial charge on any atom is -0.372 e. The van der Waals surface area contributed by atoms with Gasteiger partial charge in [-0.1, -0.05) is 40.9 Å². The molecule has 1 saturated carbocycles. The Labute approximate surface area is 135 Å². The first kappa shape index (κ1) is 14.9. The highest BCUT2D eigenvalue weighted by Gasteiger charge is 2.42. The third kappa shape index (κ3) is 3.23. The molecule has 1 aliphatic carbocycles. The smallest absolute Gasteiger partial charge is 0.0687 e. The molecule has 1 aliphatic heterocycles. The van der Waals surface area contributed by atoms with E-state index in [-0.39, 0.29) is 5.60 Å². The minimum absolute atomic E-state index is 0.235. The Morgan fingerprint density at radius 2 is 2.10 bits per heavy atom. The lowest BCUT2D eigenvalue weighted by Crippen LogP contribution is -2.25. The average Bonchev–Trinajstić information content (AvgIpc) is 3.07. The maximum atomic E-state index is 6.42. The van der Waals surface area contributed by atoms with Crippen LogP contribution in [0.5, 0.6) is 0 Å². The minimum atomic E-state index is 0.235. The van der Waals surface area contributed by atoms with Crippen LogP contribution < -0.4 is 0 Å². The molecule has 3 heteroatoms. The van der Waals surface area contributed by atoms with E-state index in [9.17, 15) is 0 Å². The molecule has 3 rings (SSSR count). The summed E-state index contributed by atoms with van der Waals surface area (Å²) < 4.78 is 7.55. The van der Waals surface area contributed by atoms with Crippen LogP contribution in [0.15, 0.2) is 28.7 Å². The molecule has 2 atom stereocenters. The van der Waals surface area contributed by atoms with E-state index in [4.69, 9.17) is 16.3 Å². The third-order valence-electron chi connectivity index (χ3n) is 4.91. The van der Waals surface area contributed by atoms with Gasteiger partial charge in [-0.05, 0) is 55.7 Å². The van der Waals surface area contributed by atoms with Crippen molar-refractivity contribution in [3.8, 4) is 0 Å². The van der Waals surface area contributed by atoms with Crippen molar-refractivity contribution < 1.29 is 4.74 Å².